The Morgan fingerprint density at radius 1 is 0.944 bits per heavy atom. The third kappa shape index (κ3) is 6.35. The maximum atomic E-state index is 13.9. The van der Waals surface area contributed by atoms with E-state index in [2.05, 4.69) is 9.46 Å². The summed E-state index contributed by atoms with van der Waals surface area (Å²) >= 11 is 0. The molecule has 3 aromatic carbocycles. The van der Waals surface area contributed by atoms with E-state index < -0.39 is 50.2 Å². The average molecular weight is 525 g/mol. The van der Waals surface area contributed by atoms with E-state index in [4.69, 9.17) is 15.9 Å². The fourth-order valence-electron chi connectivity index (χ4n) is 2.76. The number of halogens is 4. The van der Waals surface area contributed by atoms with Crippen LogP contribution in [0.4, 0.5) is 23.2 Å². The number of rotatable bonds is 7. The monoisotopic (exact) mass is 525 g/mol. The van der Waals surface area contributed by atoms with Gasteiger partial charge in [-0.15, -0.1) is 0 Å². The van der Waals surface area contributed by atoms with Crippen LogP contribution in [0.2, 0.25) is 0 Å². The Morgan fingerprint density at radius 2 is 1.61 bits per heavy atom. The number of carbonyl (C=O) groups is 2. The molecule has 0 unspecified atom stereocenters. The van der Waals surface area contributed by atoms with Crippen molar-refractivity contribution >= 4 is 33.5 Å². The van der Waals surface area contributed by atoms with Crippen molar-refractivity contribution in [1.29, 1.82) is 5.41 Å². The normalized spacial score (nSPS) is 11.4. The molecule has 4 N–H and O–H groups in total. The van der Waals surface area contributed by atoms with Crippen molar-refractivity contribution in [2.45, 2.75) is 11.1 Å². The first-order valence-corrected chi connectivity index (χ1v) is 11.1. The molecule has 0 spiro atoms. The van der Waals surface area contributed by atoms with E-state index in [-0.39, 0.29) is 22.8 Å². The fraction of sp³-hybridized carbons (Fsp3) is 0.0455. The number of amidine groups is 1. The van der Waals surface area contributed by atoms with Gasteiger partial charge in [0, 0.05) is 17.3 Å². The van der Waals surface area contributed by atoms with E-state index in [9.17, 15) is 35.6 Å². The first kappa shape index (κ1) is 26.2. The second-order valence-corrected chi connectivity index (χ2v) is 8.65. The molecule has 188 valence electrons. The molecule has 0 aromatic heterocycles. The molecule has 0 atom stereocenters. The number of carbonyl (C=O) groups excluding carboxylic acids is 2. The Morgan fingerprint density at radius 3 is 2.28 bits per heavy atom. The van der Waals surface area contributed by atoms with Crippen LogP contribution in [0.1, 0.15) is 15.9 Å². The molecule has 14 heteroatoms. The van der Waals surface area contributed by atoms with E-state index in [1.165, 1.54) is 30.3 Å². The molecule has 0 aliphatic rings. The Balaban J connectivity index is 1.89. The van der Waals surface area contributed by atoms with Gasteiger partial charge in [0.2, 0.25) is 0 Å². The van der Waals surface area contributed by atoms with Gasteiger partial charge in [-0.1, -0.05) is 18.2 Å². The Hall–Kier alpha value is -4.46. The minimum atomic E-state index is -5.40. The smallest absolute Gasteiger partial charge is 0.456 e. The van der Waals surface area contributed by atoms with Crippen LogP contribution in [0.25, 0.3) is 0 Å². The molecule has 0 aliphatic heterocycles. The van der Waals surface area contributed by atoms with Crippen LogP contribution in [0, 0.1) is 11.2 Å². The van der Waals surface area contributed by atoms with Crippen molar-refractivity contribution in [1.82, 2.24) is 0 Å². The predicted molar refractivity (Wildman–Crippen MR) is 118 cm³/mol. The summed E-state index contributed by atoms with van der Waals surface area (Å²) in [5.74, 6) is -5.90. The number of sulfonamides is 1. The average Bonchev–Trinajstić information content (AvgIpc) is 2.78. The zero-order valence-corrected chi connectivity index (χ0v) is 18.6. The van der Waals surface area contributed by atoms with Gasteiger partial charge < -0.3 is 15.2 Å². The maximum Gasteiger partial charge on any atom is 0.491 e. The highest BCUT2D eigenvalue weighted by atomic mass is 32.2. The Kier molecular flexibility index (Phi) is 7.29. The van der Waals surface area contributed by atoms with Gasteiger partial charge in [-0.25, -0.2) is 22.4 Å². The van der Waals surface area contributed by atoms with Crippen molar-refractivity contribution in [3.8, 4) is 11.5 Å². The summed E-state index contributed by atoms with van der Waals surface area (Å²) in [6.07, 6.45) is -5.40. The number of ether oxygens (including phenoxy) is 2. The number of hydrogen-bond donors (Lipinski definition) is 3. The standard InChI is InChI=1S/C22H15F4N3O6S/c23-14-7-8-18(17(11-14)34-16-6-2-3-12(10-16)19(27)28)36(32,33)29-15-5-1-4-13(9-15)20(30)35-21(31)22(24,25)26/h1-11,29H,(H3,27,28). The Labute approximate surface area is 201 Å². The number of nitrogen functional groups attached to an aromatic ring is 1. The van der Waals surface area contributed by atoms with Crippen molar-refractivity contribution in [3.63, 3.8) is 0 Å². The van der Waals surface area contributed by atoms with E-state index in [0.717, 1.165) is 36.4 Å². The first-order chi connectivity index (χ1) is 16.8. The highest BCUT2D eigenvalue weighted by Crippen LogP contribution is 2.31. The molecule has 0 fully saturated rings. The second-order valence-electron chi connectivity index (χ2n) is 7.00. The SMILES string of the molecule is N=C(N)c1cccc(Oc2cc(F)ccc2S(=O)(=O)Nc2cccc(C(=O)OC(=O)C(F)(F)F)c2)c1. The van der Waals surface area contributed by atoms with Gasteiger partial charge >= 0.3 is 18.1 Å². The van der Waals surface area contributed by atoms with E-state index in [1.54, 1.807) is 0 Å². The van der Waals surface area contributed by atoms with Crippen LogP contribution in [-0.2, 0) is 19.6 Å². The molecule has 0 saturated carbocycles. The largest absolute Gasteiger partial charge is 0.491 e. The van der Waals surface area contributed by atoms with Gasteiger partial charge in [-0.2, -0.15) is 13.2 Å². The van der Waals surface area contributed by atoms with Crippen molar-refractivity contribution in [2.75, 3.05) is 4.72 Å². The molecule has 3 aromatic rings. The third-order valence-corrected chi connectivity index (χ3v) is 5.76. The summed E-state index contributed by atoms with van der Waals surface area (Å²) in [7, 11) is -4.50. The summed E-state index contributed by atoms with van der Waals surface area (Å²) in [5.41, 5.74) is 4.85. The predicted octanol–water partition coefficient (Wildman–Crippen LogP) is 3.95. The van der Waals surface area contributed by atoms with Crippen LogP contribution < -0.4 is 15.2 Å². The lowest BCUT2D eigenvalue weighted by molar-refractivity contribution is -0.193. The number of nitrogens with two attached hydrogens (primary N) is 1. The van der Waals surface area contributed by atoms with E-state index in [1.807, 2.05) is 0 Å². The lowest BCUT2D eigenvalue weighted by atomic mass is 10.2. The molecule has 0 amide bonds. The van der Waals surface area contributed by atoms with Crippen LogP contribution in [0.5, 0.6) is 11.5 Å². The van der Waals surface area contributed by atoms with Gasteiger partial charge in [-0.3, -0.25) is 10.1 Å². The quantitative estimate of drug-likeness (QED) is 0.139. The fourth-order valence-corrected chi connectivity index (χ4v) is 3.92. The zero-order valence-electron chi connectivity index (χ0n) is 17.8. The van der Waals surface area contributed by atoms with Gasteiger partial charge in [-0.05, 0) is 42.5 Å². The molecule has 0 heterocycles. The van der Waals surface area contributed by atoms with Crippen LogP contribution >= 0.6 is 0 Å². The first-order valence-electron chi connectivity index (χ1n) is 9.64. The summed E-state index contributed by atoms with van der Waals surface area (Å²) in [6.45, 7) is 0. The van der Waals surface area contributed by atoms with Gasteiger partial charge in [0.05, 0.1) is 5.56 Å². The van der Waals surface area contributed by atoms with Gasteiger partial charge in [0.1, 0.15) is 22.3 Å². The number of esters is 2. The molecule has 0 saturated heterocycles. The molecule has 3 rings (SSSR count). The summed E-state index contributed by atoms with van der Waals surface area (Å²) in [5, 5.41) is 7.48. The molecule has 0 radical (unpaired) electrons. The lowest BCUT2D eigenvalue weighted by Crippen LogP contribution is -2.28. The summed E-state index contributed by atoms with van der Waals surface area (Å²) < 4.78 is 88.2. The van der Waals surface area contributed by atoms with Crippen molar-refractivity contribution in [3.05, 3.63) is 83.7 Å². The number of hydrogen-bond acceptors (Lipinski definition) is 7. The van der Waals surface area contributed by atoms with Crippen LogP contribution in [0.3, 0.4) is 0 Å². The number of benzene rings is 3. The molecular formula is C22H15F4N3O6S. The summed E-state index contributed by atoms with van der Waals surface area (Å²) in [6, 6.07) is 12.4. The minimum Gasteiger partial charge on any atom is -0.456 e. The van der Waals surface area contributed by atoms with Crippen LogP contribution in [-0.4, -0.2) is 32.4 Å². The number of nitrogens with one attached hydrogen (secondary N) is 2. The van der Waals surface area contributed by atoms with Crippen molar-refractivity contribution in [2.24, 2.45) is 5.73 Å². The van der Waals surface area contributed by atoms with Gasteiger partial charge in [0.15, 0.2) is 5.75 Å². The highest BCUT2D eigenvalue weighted by Gasteiger charge is 2.42. The van der Waals surface area contributed by atoms with E-state index >= 15 is 0 Å². The maximum absolute atomic E-state index is 13.9. The number of anilines is 1. The summed E-state index contributed by atoms with van der Waals surface area (Å²) in [4.78, 5) is 22.2. The van der Waals surface area contributed by atoms with E-state index in [0.29, 0.717) is 0 Å². The second kappa shape index (κ2) is 10.0. The zero-order chi connectivity index (χ0) is 26.7. The lowest BCUT2D eigenvalue weighted by Gasteiger charge is -2.14. The van der Waals surface area contributed by atoms with Gasteiger partial charge in [0.25, 0.3) is 10.0 Å². The molecule has 9 nitrogen and oxygen atoms in total. The molecular weight excluding hydrogens is 510 g/mol. The van der Waals surface area contributed by atoms with Crippen LogP contribution in [0.15, 0.2) is 71.6 Å². The molecule has 0 aliphatic carbocycles. The topological polar surface area (TPSA) is 149 Å². The molecule has 36 heavy (non-hydrogen) atoms. The third-order valence-electron chi connectivity index (χ3n) is 4.34. The highest BCUT2D eigenvalue weighted by molar-refractivity contribution is 7.92. The minimum absolute atomic E-state index is 0.0452. The Bertz CT molecular complexity index is 1460. The van der Waals surface area contributed by atoms with Crippen molar-refractivity contribution < 1.29 is 45.0 Å². The number of alkyl halides is 3. The molecule has 0 bridgehead atoms.